The van der Waals surface area contributed by atoms with Crippen molar-refractivity contribution in [3.63, 3.8) is 0 Å². The van der Waals surface area contributed by atoms with Gasteiger partial charge in [0.15, 0.2) is 11.6 Å². The first-order valence-electron chi connectivity index (χ1n) is 11.2. The van der Waals surface area contributed by atoms with Crippen LogP contribution in [0.1, 0.15) is 70.1 Å². The van der Waals surface area contributed by atoms with E-state index in [0.29, 0.717) is 35.7 Å². The Morgan fingerprint density at radius 1 is 1.10 bits per heavy atom. The average molecular weight is 393 g/mol. The van der Waals surface area contributed by atoms with Crippen molar-refractivity contribution in [2.24, 2.45) is 35.6 Å². The van der Waals surface area contributed by atoms with Gasteiger partial charge >= 0.3 is 0 Å². The number of ketones is 2. The van der Waals surface area contributed by atoms with Crippen LogP contribution < -0.4 is 0 Å². The molecule has 3 fully saturated rings. The fraction of sp³-hybridized carbons (Fsp3) is 0.640. The van der Waals surface area contributed by atoms with Crippen LogP contribution in [-0.4, -0.2) is 21.3 Å². The second-order valence-electron chi connectivity index (χ2n) is 10.5. The van der Waals surface area contributed by atoms with Gasteiger partial charge in [0, 0.05) is 30.6 Å². The smallest absolute Gasteiger partial charge is 0.165 e. The molecule has 0 aliphatic heterocycles. The van der Waals surface area contributed by atoms with Crippen molar-refractivity contribution in [2.45, 2.75) is 65.7 Å². The first kappa shape index (κ1) is 19.0. The van der Waals surface area contributed by atoms with Crippen molar-refractivity contribution in [1.82, 2.24) is 9.78 Å². The van der Waals surface area contributed by atoms with Crippen LogP contribution in [0.5, 0.6) is 0 Å². The summed E-state index contributed by atoms with van der Waals surface area (Å²) in [5, 5.41) is 4.44. The van der Waals surface area contributed by atoms with Crippen LogP contribution in [0.2, 0.25) is 0 Å². The average Bonchev–Trinajstić information content (AvgIpc) is 3.12. The largest absolute Gasteiger partial charge is 0.295 e. The van der Waals surface area contributed by atoms with E-state index in [0.717, 1.165) is 55.4 Å². The van der Waals surface area contributed by atoms with Crippen molar-refractivity contribution < 1.29 is 9.59 Å². The van der Waals surface area contributed by atoms with E-state index in [2.05, 4.69) is 25.0 Å². The molecule has 5 rings (SSSR count). The summed E-state index contributed by atoms with van der Waals surface area (Å²) in [6, 6.07) is 0. The summed E-state index contributed by atoms with van der Waals surface area (Å²) in [4.78, 5) is 25.5. The minimum atomic E-state index is -0.217. The second kappa shape index (κ2) is 6.26. The van der Waals surface area contributed by atoms with Gasteiger partial charge in [-0.2, -0.15) is 5.10 Å². The molecule has 0 unspecified atom stereocenters. The predicted octanol–water partition coefficient (Wildman–Crippen LogP) is 4.82. The second-order valence-corrected chi connectivity index (χ2v) is 10.5. The van der Waals surface area contributed by atoms with Crippen molar-refractivity contribution >= 4 is 17.6 Å². The molecule has 0 saturated heterocycles. The first-order chi connectivity index (χ1) is 13.7. The van der Waals surface area contributed by atoms with E-state index in [1.807, 2.05) is 30.9 Å². The molecule has 0 aromatic carbocycles. The number of nitrogens with zero attached hydrogens (tertiary/aromatic N) is 2. The van der Waals surface area contributed by atoms with E-state index in [9.17, 15) is 9.59 Å². The summed E-state index contributed by atoms with van der Waals surface area (Å²) in [7, 11) is 1.93. The van der Waals surface area contributed by atoms with E-state index in [-0.39, 0.29) is 10.8 Å². The molecule has 4 aliphatic carbocycles. The lowest BCUT2D eigenvalue weighted by Crippen LogP contribution is -2.50. The number of fused-ring (bicyclic) bond motifs is 5. The fourth-order valence-corrected chi connectivity index (χ4v) is 7.31. The van der Waals surface area contributed by atoms with Gasteiger partial charge in [0.25, 0.3) is 0 Å². The van der Waals surface area contributed by atoms with Gasteiger partial charge in [-0.05, 0) is 86.3 Å². The van der Waals surface area contributed by atoms with Gasteiger partial charge in [0.2, 0.25) is 0 Å². The molecule has 0 bridgehead atoms. The monoisotopic (exact) mass is 392 g/mol. The van der Waals surface area contributed by atoms with Crippen LogP contribution in [-0.2, 0) is 16.6 Å². The van der Waals surface area contributed by atoms with E-state index < -0.39 is 0 Å². The zero-order valence-electron chi connectivity index (χ0n) is 18.1. The van der Waals surface area contributed by atoms with E-state index >= 15 is 0 Å². The van der Waals surface area contributed by atoms with Crippen molar-refractivity contribution in [3.05, 3.63) is 34.7 Å². The molecule has 4 nitrogen and oxygen atoms in total. The van der Waals surface area contributed by atoms with Crippen LogP contribution in [0.15, 0.2) is 23.4 Å². The molecule has 1 heterocycles. The summed E-state index contributed by atoms with van der Waals surface area (Å²) >= 11 is 0. The van der Waals surface area contributed by atoms with E-state index in [1.165, 1.54) is 5.57 Å². The van der Waals surface area contributed by atoms with Gasteiger partial charge in [0.05, 0.1) is 5.69 Å². The topological polar surface area (TPSA) is 52.0 Å². The molecular weight excluding hydrogens is 360 g/mol. The number of hydrogen-bond donors (Lipinski definition) is 0. The van der Waals surface area contributed by atoms with Gasteiger partial charge in [0.1, 0.15) is 0 Å². The summed E-state index contributed by atoms with van der Waals surface area (Å²) < 4.78 is 1.83. The first-order valence-corrected chi connectivity index (χ1v) is 11.2. The Labute approximate surface area is 173 Å². The van der Waals surface area contributed by atoms with Crippen LogP contribution in [0.25, 0.3) is 6.08 Å². The Balaban J connectivity index is 1.49. The van der Waals surface area contributed by atoms with E-state index in [4.69, 9.17) is 0 Å². The zero-order chi connectivity index (χ0) is 20.6. The Morgan fingerprint density at radius 3 is 2.62 bits per heavy atom. The molecule has 1 aromatic heterocycles. The fourth-order valence-electron chi connectivity index (χ4n) is 7.31. The molecule has 4 aliphatic rings. The zero-order valence-corrected chi connectivity index (χ0v) is 18.1. The lowest BCUT2D eigenvalue weighted by atomic mass is 9.47. The Hall–Kier alpha value is -1.97. The Morgan fingerprint density at radius 2 is 1.90 bits per heavy atom. The van der Waals surface area contributed by atoms with Crippen molar-refractivity contribution in [2.75, 3.05) is 0 Å². The highest BCUT2D eigenvalue weighted by Gasteiger charge is 2.60. The van der Waals surface area contributed by atoms with Crippen molar-refractivity contribution in [3.8, 4) is 0 Å². The molecule has 4 heteroatoms. The highest BCUT2D eigenvalue weighted by molar-refractivity contribution is 6.06. The molecule has 0 radical (unpaired) electrons. The maximum absolute atomic E-state index is 13.5. The summed E-state index contributed by atoms with van der Waals surface area (Å²) in [5.74, 6) is 2.32. The van der Waals surface area contributed by atoms with E-state index in [1.54, 1.807) is 0 Å². The van der Waals surface area contributed by atoms with Crippen LogP contribution in [0, 0.1) is 35.5 Å². The molecule has 0 spiro atoms. The van der Waals surface area contributed by atoms with Gasteiger partial charge < -0.3 is 0 Å². The maximum atomic E-state index is 13.5. The summed E-state index contributed by atoms with van der Waals surface area (Å²) in [6.45, 7) is 6.64. The third-order valence-corrected chi connectivity index (χ3v) is 8.98. The SMILES string of the molecule is Cc1nn(C)cc1/C=C1/C[C@@H]2[C@H]3CCC4=CC(=O)CC[C@]4(C)[C@@H]3CC[C@]2(C)C1=O. The standard InChI is InChI=1S/C25H32N2O2/c1-15-17(14-27(4)26-15)11-16-12-22-20-6-5-18-13-19(28)7-9-24(18,2)21(20)8-10-25(22,3)23(16)29/h11,13-14,20-22H,5-10,12H2,1-4H3/b16-11-/t20-,21+,22+,24-,25-/m0/s1. The quantitative estimate of drug-likeness (QED) is 0.644. The molecular formula is C25H32N2O2. The molecule has 0 amide bonds. The molecule has 5 atom stereocenters. The number of aromatic nitrogens is 2. The molecule has 1 aromatic rings. The Bertz CT molecular complexity index is 967. The van der Waals surface area contributed by atoms with Crippen molar-refractivity contribution in [1.29, 1.82) is 0 Å². The predicted molar refractivity (Wildman–Crippen MR) is 113 cm³/mol. The van der Waals surface area contributed by atoms with Crippen LogP contribution >= 0.6 is 0 Å². The lowest BCUT2D eigenvalue weighted by Gasteiger charge is -2.56. The maximum Gasteiger partial charge on any atom is 0.165 e. The van der Waals surface area contributed by atoms with Gasteiger partial charge in [-0.15, -0.1) is 0 Å². The number of carbonyl (C=O) groups is 2. The third kappa shape index (κ3) is 2.67. The number of carbonyl (C=O) groups excluding carboxylic acids is 2. The minimum absolute atomic E-state index is 0.160. The minimum Gasteiger partial charge on any atom is -0.295 e. The molecule has 29 heavy (non-hydrogen) atoms. The van der Waals surface area contributed by atoms with Gasteiger partial charge in [-0.1, -0.05) is 19.4 Å². The Kier molecular flexibility index (Phi) is 4.11. The highest BCUT2D eigenvalue weighted by atomic mass is 16.1. The van der Waals surface area contributed by atoms with Gasteiger partial charge in [-0.25, -0.2) is 0 Å². The number of Topliss-reactive ketones (excluding diaryl/α,β-unsaturated/α-hetero) is 1. The third-order valence-electron chi connectivity index (χ3n) is 8.98. The van der Waals surface area contributed by atoms with Crippen LogP contribution in [0.3, 0.4) is 0 Å². The molecule has 0 N–H and O–H groups in total. The molecule has 154 valence electrons. The highest BCUT2D eigenvalue weighted by Crippen LogP contribution is 2.65. The number of rotatable bonds is 1. The summed E-state index contributed by atoms with van der Waals surface area (Å²) in [6.07, 6.45) is 12.9. The number of hydrogen-bond acceptors (Lipinski definition) is 3. The number of allylic oxidation sites excluding steroid dienone is 2. The normalized spacial score (nSPS) is 40.5. The molecule has 3 saturated carbocycles. The van der Waals surface area contributed by atoms with Crippen LogP contribution in [0.4, 0.5) is 0 Å². The van der Waals surface area contributed by atoms with Gasteiger partial charge in [-0.3, -0.25) is 14.3 Å². The lowest BCUT2D eigenvalue weighted by molar-refractivity contribution is -0.130. The summed E-state index contributed by atoms with van der Waals surface area (Å²) in [5.41, 5.74) is 4.39. The number of aryl methyl sites for hydroxylation is 2.